The van der Waals surface area contributed by atoms with Crippen molar-refractivity contribution in [3.63, 3.8) is 0 Å². The number of nitrogens with one attached hydrogen (secondary N) is 2. The predicted octanol–water partition coefficient (Wildman–Crippen LogP) is 1.85. The molecule has 0 spiro atoms. The summed E-state index contributed by atoms with van der Waals surface area (Å²) in [5.41, 5.74) is 0. The quantitative estimate of drug-likeness (QED) is 0.695. The lowest BCUT2D eigenvalue weighted by atomic mass is 10.3. The predicted molar refractivity (Wildman–Crippen MR) is 48.3 cm³/mol. The summed E-state index contributed by atoms with van der Waals surface area (Å²) in [5.74, 6) is -0.281. The molecule has 0 aromatic heterocycles. The van der Waals surface area contributed by atoms with Gasteiger partial charge in [0, 0.05) is 12.2 Å². The van der Waals surface area contributed by atoms with Crippen molar-refractivity contribution < 1.29 is 4.39 Å². The van der Waals surface area contributed by atoms with Crippen molar-refractivity contribution in [2.24, 2.45) is 0 Å². The van der Waals surface area contributed by atoms with Crippen molar-refractivity contribution in [3.05, 3.63) is 23.1 Å². The van der Waals surface area contributed by atoms with Gasteiger partial charge in [-0.25, -0.2) is 4.39 Å². The van der Waals surface area contributed by atoms with Gasteiger partial charge in [0.05, 0.1) is 5.03 Å². The van der Waals surface area contributed by atoms with Gasteiger partial charge in [0.15, 0.2) is 0 Å². The Kier molecular flexibility index (Phi) is 3.12. The van der Waals surface area contributed by atoms with Crippen LogP contribution in [0.5, 0.6) is 0 Å². The van der Waals surface area contributed by atoms with Gasteiger partial charge in [-0.1, -0.05) is 11.6 Å². The van der Waals surface area contributed by atoms with Gasteiger partial charge in [0.1, 0.15) is 12.0 Å². The summed E-state index contributed by atoms with van der Waals surface area (Å²) in [4.78, 5) is 0. The van der Waals surface area contributed by atoms with E-state index in [0.29, 0.717) is 5.03 Å². The Bertz CT molecular complexity index is 223. The van der Waals surface area contributed by atoms with Crippen LogP contribution in [0.2, 0.25) is 0 Å². The van der Waals surface area contributed by atoms with E-state index in [4.69, 9.17) is 11.6 Å². The number of hydrogen-bond acceptors (Lipinski definition) is 2. The molecule has 2 N–H and O–H groups in total. The van der Waals surface area contributed by atoms with E-state index in [1.807, 2.05) is 13.8 Å². The Hall–Kier alpha value is -0.540. The van der Waals surface area contributed by atoms with Gasteiger partial charge in [-0.3, -0.25) is 5.32 Å². The minimum atomic E-state index is -0.438. The summed E-state index contributed by atoms with van der Waals surface area (Å²) in [6, 6.07) is 0.229. The molecule has 0 amide bonds. The van der Waals surface area contributed by atoms with Crippen LogP contribution in [0.3, 0.4) is 0 Å². The molecule has 0 aromatic rings. The van der Waals surface area contributed by atoms with Crippen LogP contribution in [0.15, 0.2) is 23.1 Å². The fourth-order valence-electron chi connectivity index (χ4n) is 0.960. The molecular weight excluding hydrogens is 179 g/mol. The van der Waals surface area contributed by atoms with Gasteiger partial charge >= 0.3 is 0 Å². The maximum Gasteiger partial charge on any atom is 0.138 e. The average molecular weight is 191 g/mol. The second kappa shape index (κ2) is 3.92. The van der Waals surface area contributed by atoms with Gasteiger partial charge in [-0.05, 0) is 19.9 Å². The summed E-state index contributed by atoms with van der Waals surface area (Å²) in [6.07, 6.45) is 2.44. The van der Waals surface area contributed by atoms with Crippen LogP contribution in [0.1, 0.15) is 13.8 Å². The van der Waals surface area contributed by atoms with E-state index in [1.165, 1.54) is 6.08 Å². The first-order valence-electron chi connectivity index (χ1n) is 3.84. The molecule has 1 rings (SSSR count). The van der Waals surface area contributed by atoms with Crippen molar-refractivity contribution in [1.29, 1.82) is 0 Å². The van der Waals surface area contributed by atoms with E-state index >= 15 is 0 Å². The first-order valence-corrected chi connectivity index (χ1v) is 4.22. The molecule has 0 aromatic carbocycles. The van der Waals surface area contributed by atoms with Crippen molar-refractivity contribution in [2.45, 2.75) is 26.1 Å². The standard InChI is InChI=1S/C8H12ClFN2/c1-5(2)12-8-7(10)3-6(9)4-11-8/h3-5,8,11-12H,1-2H3. The molecule has 0 fully saturated rings. The van der Waals surface area contributed by atoms with Crippen molar-refractivity contribution in [1.82, 2.24) is 10.6 Å². The summed E-state index contributed by atoms with van der Waals surface area (Å²) in [5, 5.41) is 6.18. The molecule has 1 unspecified atom stereocenters. The highest BCUT2D eigenvalue weighted by Gasteiger charge is 2.16. The van der Waals surface area contributed by atoms with E-state index in [9.17, 15) is 4.39 Å². The minimum Gasteiger partial charge on any atom is -0.369 e. The lowest BCUT2D eigenvalue weighted by Gasteiger charge is -2.22. The van der Waals surface area contributed by atoms with Gasteiger partial charge < -0.3 is 5.32 Å². The van der Waals surface area contributed by atoms with Crippen LogP contribution in [-0.4, -0.2) is 12.2 Å². The average Bonchev–Trinajstić information content (AvgIpc) is 1.94. The van der Waals surface area contributed by atoms with Crippen LogP contribution in [0.25, 0.3) is 0 Å². The van der Waals surface area contributed by atoms with Crippen LogP contribution >= 0.6 is 11.6 Å². The van der Waals surface area contributed by atoms with Gasteiger partial charge in [-0.15, -0.1) is 0 Å². The Balaban J connectivity index is 2.56. The molecule has 12 heavy (non-hydrogen) atoms. The molecule has 1 aliphatic rings. The topological polar surface area (TPSA) is 24.1 Å². The maximum atomic E-state index is 13.1. The zero-order valence-electron chi connectivity index (χ0n) is 7.07. The zero-order valence-corrected chi connectivity index (χ0v) is 7.82. The van der Waals surface area contributed by atoms with E-state index in [0.717, 1.165) is 0 Å². The Morgan fingerprint density at radius 1 is 1.67 bits per heavy atom. The third-order valence-electron chi connectivity index (χ3n) is 1.44. The van der Waals surface area contributed by atoms with Crippen LogP contribution in [0.4, 0.5) is 4.39 Å². The smallest absolute Gasteiger partial charge is 0.138 e. The molecular formula is C8H12ClFN2. The maximum absolute atomic E-state index is 13.1. The highest BCUT2D eigenvalue weighted by atomic mass is 35.5. The van der Waals surface area contributed by atoms with Crippen molar-refractivity contribution >= 4 is 11.6 Å². The van der Waals surface area contributed by atoms with Gasteiger partial charge in [0.2, 0.25) is 0 Å². The SMILES string of the molecule is CC(C)NC1NC=C(Cl)C=C1F. The normalized spacial score (nSPS) is 23.2. The number of rotatable bonds is 2. The highest BCUT2D eigenvalue weighted by molar-refractivity contribution is 6.31. The van der Waals surface area contributed by atoms with Crippen LogP contribution < -0.4 is 10.6 Å². The second-order valence-electron chi connectivity index (χ2n) is 2.98. The molecule has 1 atom stereocenters. The summed E-state index contributed by atoms with van der Waals surface area (Å²) < 4.78 is 13.1. The number of allylic oxidation sites excluding steroid dienone is 2. The third-order valence-corrected chi connectivity index (χ3v) is 1.66. The van der Waals surface area contributed by atoms with E-state index < -0.39 is 6.17 Å². The molecule has 1 aliphatic heterocycles. The van der Waals surface area contributed by atoms with Crippen molar-refractivity contribution in [3.8, 4) is 0 Å². The molecule has 0 aliphatic carbocycles. The molecule has 0 bridgehead atoms. The lowest BCUT2D eigenvalue weighted by molar-refractivity contribution is 0.401. The van der Waals surface area contributed by atoms with Crippen molar-refractivity contribution in [2.75, 3.05) is 0 Å². The number of halogens is 2. The Morgan fingerprint density at radius 3 is 2.83 bits per heavy atom. The van der Waals surface area contributed by atoms with E-state index in [-0.39, 0.29) is 11.9 Å². The molecule has 0 radical (unpaired) electrons. The lowest BCUT2D eigenvalue weighted by Crippen LogP contribution is -2.44. The second-order valence-corrected chi connectivity index (χ2v) is 3.42. The Labute approximate surface area is 76.5 Å². The zero-order chi connectivity index (χ0) is 9.14. The summed E-state index contributed by atoms with van der Waals surface area (Å²) in [6.45, 7) is 3.91. The minimum absolute atomic E-state index is 0.229. The third kappa shape index (κ3) is 2.50. The monoisotopic (exact) mass is 190 g/mol. The molecule has 4 heteroatoms. The molecule has 68 valence electrons. The van der Waals surface area contributed by atoms with Gasteiger partial charge in [0.25, 0.3) is 0 Å². The number of dihydropyridines is 1. The molecule has 0 saturated carbocycles. The Morgan fingerprint density at radius 2 is 2.33 bits per heavy atom. The summed E-state index contributed by atoms with van der Waals surface area (Å²) in [7, 11) is 0. The molecule has 2 nitrogen and oxygen atoms in total. The van der Waals surface area contributed by atoms with Crippen LogP contribution in [0, 0.1) is 0 Å². The first kappa shape index (κ1) is 9.55. The van der Waals surface area contributed by atoms with E-state index in [2.05, 4.69) is 10.6 Å². The largest absolute Gasteiger partial charge is 0.369 e. The summed E-state index contributed by atoms with van der Waals surface area (Å²) >= 11 is 5.57. The highest BCUT2D eigenvalue weighted by Crippen LogP contribution is 2.15. The fourth-order valence-corrected chi connectivity index (χ4v) is 1.13. The van der Waals surface area contributed by atoms with E-state index in [1.54, 1.807) is 6.20 Å². The molecule has 1 heterocycles. The van der Waals surface area contributed by atoms with Gasteiger partial charge in [-0.2, -0.15) is 0 Å². The first-order chi connectivity index (χ1) is 5.59. The molecule has 0 saturated heterocycles. The fraction of sp³-hybridized carbons (Fsp3) is 0.500. The number of hydrogen-bond donors (Lipinski definition) is 2. The van der Waals surface area contributed by atoms with Crippen LogP contribution in [-0.2, 0) is 0 Å².